The van der Waals surface area contributed by atoms with Crippen LogP contribution in [0.4, 0.5) is 0 Å². The van der Waals surface area contributed by atoms with Crippen LogP contribution in [0, 0.1) is 0 Å². The summed E-state index contributed by atoms with van der Waals surface area (Å²) < 4.78 is 2.09. The van der Waals surface area contributed by atoms with E-state index in [2.05, 4.69) is 46.4 Å². The van der Waals surface area contributed by atoms with Gasteiger partial charge in [-0.25, -0.2) is 4.98 Å². The standard InChI is InChI=1S/C13H19N3S/c1-3-14-11(12-5-4-10-17-12)6-7-13-15-8-9-16(13)2/h4-5,8-11,14H,3,6-7H2,1-2H3. The molecule has 4 heteroatoms. The van der Waals surface area contributed by atoms with Crippen molar-refractivity contribution in [1.29, 1.82) is 0 Å². The van der Waals surface area contributed by atoms with Crippen molar-refractivity contribution in [3.63, 3.8) is 0 Å². The van der Waals surface area contributed by atoms with Gasteiger partial charge in [-0.05, 0) is 24.4 Å². The molecule has 0 amide bonds. The summed E-state index contributed by atoms with van der Waals surface area (Å²) in [6.07, 6.45) is 5.98. The molecule has 1 N–H and O–H groups in total. The molecular weight excluding hydrogens is 230 g/mol. The number of thiophene rings is 1. The summed E-state index contributed by atoms with van der Waals surface area (Å²) >= 11 is 1.82. The van der Waals surface area contributed by atoms with E-state index in [1.807, 2.05) is 23.7 Å². The third-order valence-corrected chi connectivity index (χ3v) is 3.90. The quantitative estimate of drug-likeness (QED) is 0.853. The maximum atomic E-state index is 4.37. The van der Waals surface area contributed by atoms with Crippen LogP contribution in [0.5, 0.6) is 0 Å². The lowest BCUT2D eigenvalue weighted by molar-refractivity contribution is 0.513. The van der Waals surface area contributed by atoms with Gasteiger partial charge in [0, 0.05) is 36.8 Å². The molecule has 0 aliphatic carbocycles. The summed E-state index contributed by atoms with van der Waals surface area (Å²) in [4.78, 5) is 5.79. The minimum absolute atomic E-state index is 0.455. The molecule has 0 aromatic carbocycles. The molecule has 2 aromatic rings. The van der Waals surface area contributed by atoms with Gasteiger partial charge in [0.2, 0.25) is 0 Å². The van der Waals surface area contributed by atoms with E-state index < -0.39 is 0 Å². The van der Waals surface area contributed by atoms with Gasteiger partial charge < -0.3 is 9.88 Å². The molecule has 0 aliphatic rings. The fourth-order valence-corrected chi connectivity index (χ4v) is 2.83. The monoisotopic (exact) mass is 249 g/mol. The molecule has 0 spiro atoms. The van der Waals surface area contributed by atoms with Crippen LogP contribution in [0.15, 0.2) is 29.9 Å². The fourth-order valence-electron chi connectivity index (χ4n) is 1.99. The van der Waals surface area contributed by atoms with Crippen LogP contribution in [0.3, 0.4) is 0 Å². The first-order chi connectivity index (χ1) is 8.31. The van der Waals surface area contributed by atoms with Gasteiger partial charge in [-0.1, -0.05) is 13.0 Å². The van der Waals surface area contributed by atoms with Crippen molar-refractivity contribution < 1.29 is 0 Å². The van der Waals surface area contributed by atoms with E-state index in [0.717, 1.165) is 25.2 Å². The Morgan fingerprint density at radius 2 is 2.41 bits per heavy atom. The molecule has 0 radical (unpaired) electrons. The Hall–Kier alpha value is -1.13. The van der Waals surface area contributed by atoms with Crippen molar-refractivity contribution in [3.05, 3.63) is 40.6 Å². The highest BCUT2D eigenvalue weighted by atomic mass is 32.1. The molecule has 17 heavy (non-hydrogen) atoms. The predicted molar refractivity (Wildman–Crippen MR) is 72.3 cm³/mol. The van der Waals surface area contributed by atoms with E-state index in [4.69, 9.17) is 0 Å². The molecule has 0 saturated heterocycles. The average molecular weight is 249 g/mol. The highest BCUT2D eigenvalue weighted by molar-refractivity contribution is 7.10. The first-order valence-corrected chi connectivity index (χ1v) is 6.92. The largest absolute Gasteiger partial charge is 0.338 e. The maximum absolute atomic E-state index is 4.37. The zero-order valence-corrected chi connectivity index (χ0v) is 11.2. The Morgan fingerprint density at radius 1 is 1.53 bits per heavy atom. The predicted octanol–water partition coefficient (Wildman–Crippen LogP) is 2.77. The highest BCUT2D eigenvalue weighted by Gasteiger charge is 2.12. The van der Waals surface area contributed by atoms with Crippen LogP contribution < -0.4 is 5.32 Å². The third-order valence-electron chi connectivity index (χ3n) is 2.91. The molecule has 0 bridgehead atoms. The van der Waals surface area contributed by atoms with Gasteiger partial charge in [0.25, 0.3) is 0 Å². The number of nitrogens with one attached hydrogen (secondary N) is 1. The minimum atomic E-state index is 0.455. The van der Waals surface area contributed by atoms with Crippen LogP contribution in [-0.2, 0) is 13.5 Å². The molecule has 1 unspecified atom stereocenters. The number of imidazole rings is 1. The number of hydrogen-bond donors (Lipinski definition) is 1. The van der Waals surface area contributed by atoms with Gasteiger partial charge >= 0.3 is 0 Å². The van der Waals surface area contributed by atoms with Crippen molar-refractivity contribution >= 4 is 11.3 Å². The Morgan fingerprint density at radius 3 is 3.00 bits per heavy atom. The molecule has 0 fully saturated rings. The topological polar surface area (TPSA) is 29.9 Å². The van der Waals surface area contributed by atoms with Crippen molar-refractivity contribution in [1.82, 2.24) is 14.9 Å². The van der Waals surface area contributed by atoms with E-state index in [1.165, 1.54) is 4.88 Å². The zero-order chi connectivity index (χ0) is 12.1. The number of aromatic nitrogens is 2. The van der Waals surface area contributed by atoms with Crippen LogP contribution >= 0.6 is 11.3 Å². The first-order valence-electron chi connectivity index (χ1n) is 6.04. The molecule has 2 aromatic heterocycles. The van der Waals surface area contributed by atoms with Crippen molar-refractivity contribution in [3.8, 4) is 0 Å². The minimum Gasteiger partial charge on any atom is -0.338 e. The second kappa shape index (κ2) is 5.98. The van der Waals surface area contributed by atoms with Gasteiger partial charge in [0.05, 0.1) is 0 Å². The number of hydrogen-bond acceptors (Lipinski definition) is 3. The second-order valence-corrected chi connectivity index (χ2v) is 5.10. The van der Waals surface area contributed by atoms with Crippen molar-refractivity contribution in [2.75, 3.05) is 6.54 Å². The summed E-state index contributed by atoms with van der Waals surface area (Å²) in [5.74, 6) is 1.16. The lowest BCUT2D eigenvalue weighted by Crippen LogP contribution is -2.21. The molecule has 0 saturated carbocycles. The first kappa shape index (κ1) is 12.3. The Balaban J connectivity index is 1.97. The van der Waals surface area contributed by atoms with E-state index in [1.54, 1.807) is 0 Å². The maximum Gasteiger partial charge on any atom is 0.108 e. The highest BCUT2D eigenvalue weighted by Crippen LogP contribution is 2.23. The van der Waals surface area contributed by atoms with Gasteiger partial charge in [-0.3, -0.25) is 0 Å². The van der Waals surface area contributed by atoms with Crippen LogP contribution in [0.1, 0.15) is 30.1 Å². The van der Waals surface area contributed by atoms with Crippen molar-refractivity contribution in [2.24, 2.45) is 7.05 Å². The Bertz CT molecular complexity index is 433. The Labute approximate surface area is 107 Å². The molecule has 0 aliphatic heterocycles. The van der Waals surface area contributed by atoms with Gasteiger partial charge in [-0.15, -0.1) is 11.3 Å². The molecular formula is C13H19N3S. The fraction of sp³-hybridized carbons (Fsp3) is 0.462. The van der Waals surface area contributed by atoms with E-state index in [0.29, 0.717) is 6.04 Å². The zero-order valence-electron chi connectivity index (χ0n) is 10.4. The second-order valence-electron chi connectivity index (χ2n) is 4.12. The molecule has 2 heterocycles. The third kappa shape index (κ3) is 3.17. The van der Waals surface area contributed by atoms with Crippen molar-refractivity contribution in [2.45, 2.75) is 25.8 Å². The summed E-state index contributed by atoms with van der Waals surface area (Å²) in [5, 5.41) is 5.68. The summed E-state index contributed by atoms with van der Waals surface area (Å²) in [6.45, 7) is 3.16. The summed E-state index contributed by atoms with van der Waals surface area (Å²) in [5.41, 5.74) is 0. The lowest BCUT2D eigenvalue weighted by Gasteiger charge is -2.16. The SMILES string of the molecule is CCNC(CCc1nccn1C)c1cccs1. The summed E-state index contributed by atoms with van der Waals surface area (Å²) in [7, 11) is 2.05. The molecule has 2 rings (SSSR count). The average Bonchev–Trinajstić information content (AvgIpc) is 2.96. The van der Waals surface area contributed by atoms with Gasteiger partial charge in [0.1, 0.15) is 5.82 Å². The molecule has 92 valence electrons. The van der Waals surface area contributed by atoms with Crippen LogP contribution in [-0.4, -0.2) is 16.1 Å². The lowest BCUT2D eigenvalue weighted by atomic mass is 10.1. The molecule has 1 atom stereocenters. The van der Waals surface area contributed by atoms with Gasteiger partial charge in [-0.2, -0.15) is 0 Å². The smallest absolute Gasteiger partial charge is 0.108 e. The normalized spacial score (nSPS) is 12.8. The van der Waals surface area contributed by atoms with Crippen LogP contribution in [0.2, 0.25) is 0 Å². The Kier molecular flexibility index (Phi) is 4.34. The van der Waals surface area contributed by atoms with E-state index in [-0.39, 0.29) is 0 Å². The van der Waals surface area contributed by atoms with Crippen LogP contribution in [0.25, 0.3) is 0 Å². The van der Waals surface area contributed by atoms with E-state index in [9.17, 15) is 0 Å². The summed E-state index contributed by atoms with van der Waals surface area (Å²) in [6, 6.07) is 4.78. The number of rotatable bonds is 6. The number of aryl methyl sites for hydroxylation is 2. The van der Waals surface area contributed by atoms with Gasteiger partial charge in [0.15, 0.2) is 0 Å². The number of nitrogens with zero attached hydrogens (tertiary/aromatic N) is 2. The molecule has 3 nitrogen and oxygen atoms in total. The van der Waals surface area contributed by atoms with E-state index >= 15 is 0 Å².